The number of carbonyl (C=O) groups is 1. The molecule has 2 rings (SSSR count). The van der Waals surface area contributed by atoms with Crippen LogP contribution in [0, 0.1) is 0 Å². The van der Waals surface area contributed by atoms with Gasteiger partial charge in [0.2, 0.25) is 0 Å². The maximum Gasteiger partial charge on any atom is 0.255 e. The number of nitrogens with zero attached hydrogens (tertiary/aromatic N) is 1. The second-order valence-corrected chi connectivity index (χ2v) is 5.25. The number of hydrogen-bond donors (Lipinski definition) is 2. The van der Waals surface area contributed by atoms with Crippen molar-refractivity contribution >= 4 is 5.91 Å². The number of benzene rings is 1. The fourth-order valence-electron chi connectivity index (χ4n) is 2.54. The van der Waals surface area contributed by atoms with Gasteiger partial charge in [0.25, 0.3) is 5.91 Å². The van der Waals surface area contributed by atoms with E-state index in [2.05, 4.69) is 10.2 Å². The zero-order valence-corrected chi connectivity index (χ0v) is 11.4. The van der Waals surface area contributed by atoms with E-state index < -0.39 is 0 Å². The van der Waals surface area contributed by atoms with Crippen LogP contribution in [0.25, 0.3) is 0 Å². The molecule has 1 aliphatic heterocycles. The SMILES string of the molecule is CC(CN1CCCCC1)NC(=O)c1ccccc1O. The fourth-order valence-corrected chi connectivity index (χ4v) is 2.54. The highest BCUT2D eigenvalue weighted by Gasteiger charge is 2.16. The molecule has 4 heteroatoms. The van der Waals surface area contributed by atoms with Crippen molar-refractivity contribution in [2.45, 2.75) is 32.2 Å². The molecule has 1 aromatic rings. The second kappa shape index (κ2) is 6.57. The van der Waals surface area contributed by atoms with Gasteiger partial charge in [0.1, 0.15) is 5.75 Å². The molecule has 0 spiro atoms. The van der Waals surface area contributed by atoms with Crippen molar-refractivity contribution in [3.63, 3.8) is 0 Å². The Labute approximate surface area is 114 Å². The van der Waals surface area contributed by atoms with Crippen LogP contribution in [0.1, 0.15) is 36.5 Å². The van der Waals surface area contributed by atoms with E-state index in [-0.39, 0.29) is 17.7 Å². The Hall–Kier alpha value is -1.55. The molecule has 104 valence electrons. The first-order valence-corrected chi connectivity index (χ1v) is 6.98. The van der Waals surface area contributed by atoms with Crippen molar-refractivity contribution in [1.82, 2.24) is 10.2 Å². The molecule has 4 nitrogen and oxygen atoms in total. The van der Waals surface area contributed by atoms with Crippen LogP contribution in [0.5, 0.6) is 5.75 Å². The highest BCUT2D eigenvalue weighted by Crippen LogP contribution is 2.15. The van der Waals surface area contributed by atoms with E-state index in [0.717, 1.165) is 19.6 Å². The number of likely N-dealkylation sites (tertiary alicyclic amines) is 1. The van der Waals surface area contributed by atoms with Gasteiger partial charge in [-0.2, -0.15) is 0 Å². The Morgan fingerprint density at radius 2 is 2.00 bits per heavy atom. The molecule has 1 unspecified atom stereocenters. The molecule has 1 atom stereocenters. The minimum atomic E-state index is -0.206. The molecule has 1 amide bonds. The molecule has 1 heterocycles. The van der Waals surface area contributed by atoms with Crippen LogP contribution in [0.4, 0.5) is 0 Å². The van der Waals surface area contributed by atoms with Gasteiger partial charge in [-0.05, 0) is 45.0 Å². The number of phenols is 1. The fraction of sp³-hybridized carbons (Fsp3) is 0.533. The third-order valence-electron chi connectivity index (χ3n) is 3.51. The van der Waals surface area contributed by atoms with E-state index in [1.165, 1.54) is 25.3 Å². The van der Waals surface area contributed by atoms with Crippen LogP contribution >= 0.6 is 0 Å². The molecule has 1 aliphatic rings. The molecule has 2 N–H and O–H groups in total. The third-order valence-corrected chi connectivity index (χ3v) is 3.51. The summed E-state index contributed by atoms with van der Waals surface area (Å²) in [5.41, 5.74) is 0.341. The van der Waals surface area contributed by atoms with E-state index in [0.29, 0.717) is 5.56 Å². The molecule has 0 aromatic heterocycles. The van der Waals surface area contributed by atoms with Gasteiger partial charge in [-0.3, -0.25) is 4.79 Å². The van der Waals surface area contributed by atoms with Crippen molar-refractivity contribution in [3.8, 4) is 5.75 Å². The van der Waals surface area contributed by atoms with E-state index >= 15 is 0 Å². The summed E-state index contributed by atoms with van der Waals surface area (Å²) in [4.78, 5) is 14.4. The molecular weight excluding hydrogens is 240 g/mol. The lowest BCUT2D eigenvalue weighted by Crippen LogP contribution is -2.43. The summed E-state index contributed by atoms with van der Waals surface area (Å²) in [5, 5.41) is 12.6. The molecule has 1 saturated heterocycles. The molecule has 1 aromatic carbocycles. The summed E-state index contributed by atoms with van der Waals surface area (Å²) >= 11 is 0. The van der Waals surface area contributed by atoms with Gasteiger partial charge in [0.15, 0.2) is 0 Å². The Morgan fingerprint density at radius 3 is 2.68 bits per heavy atom. The van der Waals surface area contributed by atoms with Gasteiger partial charge in [0, 0.05) is 12.6 Å². The van der Waals surface area contributed by atoms with Crippen LogP contribution in [0.15, 0.2) is 24.3 Å². The standard InChI is InChI=1S/C15H22N2O2/c1-12(11-17-9-5-2-6-10-17)16-15(19)13-7-3-4-8-14(13)18/h3-4,7-8,12,18H,2,5-6,9-11H2,1H3,(H,16,19). The zero-order chi connectivity index (χ0) is 13.7. The second-order valence-electron chi connectivity index (χ2n) is 5.25. The van der Waals surface area contributed by atoms with Crippen molar-refractivity contribution in [3.05, 3.63) is 29.8 Å². The molecule has 0 radical (unpaired) electrons. The number of rotatable bonds is 4. The molecule has 0 saturated carbocycles. The predicted molar refractivity (Wildman–Crippen MR) is 75.3 cm³/mol. The highest BCUT2D eigenvalue weighted by molar-refractivity contribution is 5.96. The number of amides is 1. The van der Waals surface area contributed by atoms with Crippen molar-refractivity contribution in [2.75, 3.05) is 19.6 Å². The van der Waals surface area contributed by atoms with Crippen molar-refractivity contribution in [2.24, 2.45) is 0 Å². The van der Waals surface area contributed by atoms with Crippen LogP contribution in [0.3, 0.4) is 0 Å². The number of aromatic hydroxyl groups is 1. The third kappa shape index (κ3) is 3.96. The van der Waals surface area contributed by atoms with Gasteiger partial charge in [-0.1, -0.05) is 18.6 Å². The highest BCUT2D eigenvalue weighted by atomic mass is 16.3. The topological polar surface area (TPSA) is 52.6 Å². The van der Waals surface area contributed by atoms with Gasteiger partial charge >= 0.3 is 0 Å². The summed E-state index contributed by atoms with van der Waals surface area (Å²) in [6.07, 6.45) is 3.81. The van der Waals surface area contributed by atoms with Crippen LogP contribution in [-0.4, -0.2) is 41.6 Å². The van der Waals surface area contributed by atoms with Crippen LogP contribution in [-0.2, 0) is 0 Å². The quantitative estimate of drug-likeness (QED) is 0.872. The number of phenolic OH excluding ortho intramolecular Hbond substituents is 1. The Morgan fingerprint density at radius 1 is 1.32 bits per heavy atom. The first-order valence-electron chi connectivity index (χ1n) is 6.98. The van der Waals surface area contributed by atoms with Gasteiger partial charge in [-0.25, -0.2) is 0 Å². The molecule has 19 heavy (non-hydrogen) atoms. The first-order chi connectivity index (χ1) is 9.16. The van der Waals surface area contributed by atoms with Gasteiger partial charge in [-0.15, -0.1) is 0 Å². The normalized spacial score (nSPS) is 17.9. The predicted octanol–water partition coefficient (Wildman–Crippen LogP) is 2.00. The minimum absolute atomic E-state index is 0.0326. The first kappa shape index (κ1) is 13.9. The molecule has 1 fully saturated rings. The van der Waals surface area contributed by atoms with Crippen LogP contribution in [0.2, 0.25) is 0 Å². The summed E-state index contributed by atoms with van der Waals surface area (Å²) in [6.45, 7) is 5.12. The largest absolute Gasteiger partial charge is 0.507 e. The Kier molecular flexibility index (Phi) is 4.80. The maximum atomic E-state index is 12.0. The van der Waals surface area contributed by atoms with Gasteiger partial charge in [0.05, 0.1) is 5.56 Å². The van der Waals surface area contributed by atoms with Crippen molar-refractivity contribution in [1.29, 1.82) is 0 Å². The molecular formula is C15H22N2O2. The van der Waals surface area contributed by atoms with E-state index in [1.807, 2.05) is 6.92 Å². The summed E-state index contributed by atoms with van der Waals surface area (Å²) < 4.78 is 0. The van der Waals surface area contributed by atoms with E-state index in [1.54, 1.807) is 18.2 Å². The number of para-hydroxylation sites is 1. The monoisotopic (exact) mass is 262 g/mol. The lowest BCUT2D eigenvalue weighted by atomic mass is 10.1. The zero-order valence-electron chi connectivity index (χ0n) is 11.4. The Bertz CT molecular complexity index is 428. The van der Waals surface area contributed by atoms with Gasteiger partial charge < -0.3 is 15.3 Å². The average Bonchev–Trinajstić information content (AvgIpc) is 2.40. The number of hydrogen-bond acceptors (Lipinski definition) is 3. The lowest BCUT2D eigenvalue weighted by Gasteiger charge is -2.29. The smallest absolute Gasteiger partial charge is 0.255 e. The molecule has 0 bridgehead atoms. The number of carbonyl (C=O) groups excluding carboxylic acids is 1. The Balaban J connectivity index is 1.86. The summed E-state index contributed by atoms with van der Waals surface area (Å²) in [5.74, 6) is -0.173. The van der Waals surface area contributed by atoms with Crippen molar-refractivity contribution < 1.29 is 9.90 Å². The summed E-state index contributed by atoms with van der Waals surface area (Å²) in [7, 11) is 0. The maximum absolute atomic E-state index is 12.0. The van der Waals surface area contributed by atoms with E-state index in [4.69, 9.17) is 0 Å². The van der Waals surface area contributed by atoms with Crippen LogP contribution < -0.4 is 5.32 Å². The summed E-state index contributed by atoms with van der Waals surface area (Å²) in [6, 6.07) is 6.72. The van der Waals surface area contributed by atoms with E-state index in [9.17, 15) is 9.90 Å². The number of nitrogens with one attached hydrogen (secondary N) is 1. The minimum Gasteiger partial charge on any atom is -0.507 e. The lowest BCUT2D eigenvalue weighted by molar-refractivity contribution is 0.0923. The molecule has 0 aliphatic carbocycles. The number of piperidine rings is 1. The average molecular weight is 262 g/mol.